The largest absolute Gasteiger partial charge is 0.398 e. The predicted molar refractivity (Wildman–Crippen MR) is 139 cm³/mol. The molecule has 5 heteroatoms. The van der Waals surface area contributed by atoms with Crippen molar-refractivity contribution in [2.24, 2.45) is 5.92 Å². The Labute approximate surface area is 207 Å². The zero-order valence-corrected chi connectivity index (χ0v) is 20.3. The number of nitrogens with two attached hydrogens (primary N) is 1. The fraction of sp³-hybridized carbons (Fsp3) is 0.333. The van der Waals surface area contributed by atoms with Crippen molar-refractivity contribution < 1.29 is 9.59 Å². The van der Waals surface area contributed by atoms with Gasteiger partial charge in [0.15, 0.2) is 0 Å². The number of benzene rings is 3. The molecule has 0 spiro atoms. The van der Waals surface area contributed by atoms with Gasteiger partial charge in [-0.3, -0.25) is 9.59 Å². The lowest BCUT2D eigenvalue weighted by Crippen LogP contribution is -2.58. The number of amides is 2. The number of nitrogens with zero attached hydrogens (tertiary/aromatic N) is 2. The van der Waals surface area contributed by atoms with Gasteiger partial charge in [0, 0.05) is 24.3 Å². The third-order valence-corrected chi connectivity index (χ3v) is 7.67. The Morgan fingerprint density at radius 2 is 1.63 bits per heavy atom. The van der Waals surface area contributed by atoms with Crippen LogP contribution in [0.5, 0.6) is 0 Å². The SMILES string of the molecule is CC1CCC1c1cc(C(=O)N2CC(=O)N(Cc3ccccc3)[C@@H](Cc3ccccc3)C2)ccc1N. The molecule has 2 N–H and O–H groups in total. The number of anilines is 1. The Morgan fingerprint density at radius 3 is 2.26 bits per heavy atom. The second-order valence-corrected chi connectivity index (χ2v) is 10.0. The Bertz CT molecular complexity index is 1190. The molecule has 1 saturated heterocycles. The predicted octanol–water partition coefficient (Wildman–Crippen LogP) is 4.88. The van der Waals surface area contributed by atoms with Crippen molar-refractivity contribution in [3.63, 3.8) is 0 Å². The summed E-state index contributed by atoms with van der Waals surface area (Å²) < 4.78 is 0. The van der Waals surface area contributed by atoms with E-state index in [1.807, 2.05) is 65.6 Å². The van der Waals surface area contributed by atoms with Gasteiger partial charge in [-0.1, -0.05) is 67.6 Å². The maximum atomic E-state index is 13.6. The summed E-state index contributed by atoms with van der Waals surface area (Å²) in [6.45, 7) is 3.38. The van der Waals surface area contributed by atoms with Gasteiger partial charge in [-0.15, -0.1) is 0 Å². The summed E-state index contributed by atoms with van der Waals surface area (Å²) in [5.41, 5.74) is 11.0. The second-order valence-electron chi connectivity index (χ2n) is 10.0. The van der Waals surface area contributed by atoms with Gasteiger partial charge < -0.3 is 15.5 Å². The first-order valence-electron chi connectivity index (χ1n) is 12.6. The van der Waals surface area contributed by atoms with Crippen LogP contribution in [0.25, 0.3) is 0 Å². The van der Waals surface area contributed by atoms with Crippen LogP contribution in [0.4, 0.5) is 5.69 Å². The third-order valence-electron chi connectivity index (χ3n) is 7.67. The van der Waals surface area contributed by atoms with Crippen LogP contribution in [0, 0.1) is 5.92 Å². The molecule has 2 unspecified atom stereocenters. The lowest BCUT2D eigenvalue weighted by molar-refractivity contribution is -0.139. The van der Waals surface area contributed by atoms with Crippen LogP contribution in [-0.4, -0.2) is 40.7 Å². The first-order valence-corrected chi connectivity index (χ1v) is 12.6. The summed E-state index contributed by atoms with van der Waals surface area (Å²) in [5.74, 6) is 0.889. The van der Waals surface area contributed by atoms with Gasteiger partial charge >= 0.3 is 0 Å². The molecule has 3 atom stereocenters. The summed E-state index contributed by atoms with van der Waals surface area (Å²) in [5, 5.41) is 0. The monoisotopic (exact) mass is 467 g/mol. The maximum Gasteiger partial charge on any atom is 0.254 e. The first kappa shape index (κ1) is 23.2. The minimum Gasteiger partial charge on any atom is -0.398 e. The van der Waals surface area contributed by atoms with Gasteiger partial charge in [-0.05, 0) is 66.0 Å². The number of hydrogen-bond donors (Lipinski definition) is 1. The van der Waals surface area contributed by atoms with E-state index in [2.05, 4.69) is 19.1 Å². The average molecular weight is 468 g/mol. The van der Waals surface area contributed by atoms with Crippen LogP contribution < -0.4 is 5.73 Å². The number of carbonyl (C=O) groups excluding carboxylic acids is 2. The molecule has 5 rings (SSSR count). The first-order chi connectivity index (χ1) is 17.0. The van der Waals surface area contributed by atoms with E-state index in [4.69, 9.17) is 5.73 Å². The Hall–Kier alpha value is -3.60. The van der Waals surface area contributed by atoms with Crippen molar-refractivity contribution in [1.29, 1.82) is 0 Å². The molecular formula is C30H33N3O2. The molecule has 1 aliphatic carbocycles. The summed E-state index contributed by atoms with van der Waals surface area (Å²) in [7, 11) is 0. The van der Waals surface area contributed by atoms with E-state index in [1.165, 1.54) is 6.42 Å². The zero-order valence-electron chi connectivity index (χ0n) is 20.3. The Morgan fingerprint density at radius 1 is 0.943 bits per heavy atom. The van der Waals surface area contributed by atoms with Gasteiger partial charge in [0.2, 0.25) is 5.91 Å². The minimum atomic E-state index is -0.0947. The van der Waals surface area contributed by atoms with E-state index in [0.29, 0.717) is 36.9 Å². The van der Waals surface area contributed by atoms with Crippen LogP contribution in [0.1, 0.15) is 52.7 Å². The van der Waals surface area contributed by atoms with Crippen molar-refractivity contribution >= 4 is 17.5 Å². The minimum absolute atomic E-state index is 0.0160. The highest BCUT2D eigenvalue weighted by Gasteiger charge is 2.36. The van der Waals surface area contributed by atoms with Crippen LogP contribution >= 0.6 is 0 Å². The summed E-state index contributed by atoms with van der Waals surface area (Å²) >= 11 is 0. The fourth-order valence-corrected chi connectivity index (χ4v) is 5.43. The van der Waals surface area contributed by atoms with Gasteiger partial charge in [0.05, 0.1) is 6.04 Å². The smallest absolute Gasteiger partial charge is 0.254 e. The number of carbonyl (C=O) groups is 2. The summed E-state index contributed by atoms with van der Waals surface area (Å²) in [6.07, 6.45) is 3.01. The van der Waals surface area contributed by atoms with Crippen LogP contribution in [0.15, 0.2) is 78.9 Å². The lowest BCUT2D eigenvalue weighted by Gasteiger charge is -2.41. The molecule has 35 heavy (non-hydrogen) atoms. The summed E-state index contributed by atoms with van der Waals surface area (Å²) in [6, 6.07) is 25.8. The van der Waals surface area contributed by atoms with Crippen molar-refractivity contribution in [3.05, 3.63) is 101 Å². The summed E-state index contributed by atoms with van der Waals surface area (Å²) in [4.78, 5) is 30.6. The third kappa shape index (κ3) is 4.95. The maximum absolute atomic E-state index is 13.6. The topological polar surface area (TPSA) is 66.6 Å². The fourth-order valence-electron chi connectivity index (χ4n) is 5.43. The molecule has 1 aliphatic heterocycles. The highest BCUT2D eigenvalue weighted by molar-refractivity contribution is 5.97. The molecular weight excluding hydrogens is 434 g/mol. The number of piperazine rings is 1. The van der Waals surface area contributed by atoms with Crippen molar-refractivity contribution in [3.8, 4) is 0 Å². The molecule has 3 aromatic carbocycles. The highest BCUT2D eigenvalue weighted by Crippen LogP contribution is 2.44. The molecule has 5 nitrogen and oxygen atoms in total. The van der Waals surface area contributed by atoms with Crippen molar-refractivity contribution in [1.82, 2.24) is 9.80 Å². The van der Waals surface area contributed by atoms with Crippen molar-refractivity contribution in [2.45, 2.75) is 44.7 Å². The van der Waals surface area contributed by atoms with E-state index in [-0.39, 0.29) is 24.4 Å². The normalized spacial score (nSPS) is 22.1. The Kier molecular flexibility index (Phi) is 6.58. The van der Waals surface area contributed by atoms with Gasteiger partial charge in [-0.25, -0.2) is 0 Å². The lowest BCUT2D eigenvalue weighted by atomic mass is 9.70. The molecule has 3 aromatic rings. The van der Waals surface area contributed by atoms with Crippen molar-refractivity contribution in [2.75, 3.05) is 18.8 Å². The molecule has 1 heterocycles. The van der Waals surface area contributed by atoms with Gasteiger partial charge in [0.1, 0.15) is 6.54 Å². The van der Waals surface area contributed by atoms with E-state index in [0.717, 1.165) is 28.8 Å². The highest BCUT2D eigenvalue weighted by atomic mass is 16.2. The molecule has 180 valence electrons. The van der Waals surface area contributed by atoms with Gasteiger partial charge in [0.25, 0.3) is 5.91 Å². The molecule has 0 radical (unpaired) electrons. The van der Waals surface area contributed by atoms with Gasteiger partial charge in [-0.2, -0.15) is 0 Å². The van der Waals surface area contributed by atoms with Crippen LogP contribution in [0.2, 0.25) is 0 Å². The number of nitrogen functional groups attached to an aromatic ring is 1. The van der Waals surface area contributed by atoms with Crippen LogP contribution in [0.3, 0.4) is 0 Å². The molecule has 0 aromatic heterocycles. The number of rotatable bonds is 6. The van der Waals surface area contributed by atoms with E-state index in [1.54, 1.807) is 11.0 Å². The quantitative estimate of drug-likeness (QED) is 0.526. The van der Waals surface area contributed by atoms with E-state index < -0.39 is 0 Å². The zero-order chi connectivity index (χ0) is 24.4. The molecule has 2 amide bonds. The molecule has 2 fully saturated rings. The molecule has 1 saturated carbocycles. The van der Waals surface area contributed by atoms with E-state index >= 15 is 0 Å². The second kappa shape index (κ2) is 9.95. The molecule has 2 aliphatic rings. The average Bonchev–Trinajstić information content (AvgIpc) is 2.87. The standard InChI is InChI=1S/C30H33N3O2/c1-21-12-14-26(21)27-17-24(13-15-28(27)31)30(35)32-19-25(16-22-8-4-2-5-9-22)33(29(34)20-32)18-23-10-6-3-7-11-23/h2-11,13,15,17,21,25-26H,12,14,16,18-20,31H2,1H3/t21?,25-,26?/m0/s1. The number of hydrogen-bond acceptors (Lipinski definition) is 3. The molecule has 0 bridgehead atoms. The van der Waals surface area contributed by atoms with E-state index in [9.17, 15) is 9.59 Å². The van der Waals surface area contributed by atoms with Crippen LogP contribution in [-0.2, 0) is 17.8 Å². The Balaban J connectivity index is 1.39.